The summed E-state index contributed by atoms with van der Waals surface area (Å²) in [5, 5.41) is 8.58. The maximum Gasteiger partial charge on any atom is 0.203 e. The molecule has 1 aliphatic rings. The van der Waals surface area contributed by atoms with E-state index < -0.39 is 0 Å². The highest BCUT2D eigenvalue weighted by Crippen LogP contribution is 2.28. The van der Waals surface area contributed by atoms with E-state index in [4.69, 9.17) is 0 Å². The first-order chi connectivity index (χ1) is 12.1. The van der Waals surface area contributed by atoms with E-state index in [0.717, 1.165) is 53.9 Å². The molecule has 0 amide bonds. The lowest BCUT2D eigenvalue weighted by atomic mass is 10.1. The Hall–Kier alpha value is -2.77. The zero-order valence-electron chi connectivity index (χ0n) is 15.0. The summed E-state index contributed by atoms with van der Waals surface area (Å²) in [6.45, 7) is 7.95. The van der Waals surface area contributed by atoms with Crippen molar-refractivity contribution in [3.63, 3.8) is 0 Å². The van der Waals surface area contributed by atoms with E-state index in [1.54, 1.807) is 6.33 Å². The van der Waals surface area contributed by atoms with Gasteiger partial charge in [-0.15, -0.1) is 10.2 Å². The monoisotopic (exact) mass is 338 g/mol. The highest BCUT2D eigenvalue weighted by atomic mass is 15.4. The van der Waals surface area contributed by atoms with Gasteiger partial charge in [0.15, 0.2) is 5.82 Å². The summed E-state index contributed by atoms with van der Waals surface area (Å²) in [5.74, 6) is 2.86. The van der Waals surface area contributed by atoms with E-state index in [0.29, 0.717) is 6.04 Å². The highest BCUT2D eigenvalue weighted by Gasteiger charge is 2.34. The second-order valence-corrected chi connectivity index (χ2v) is 6.49. The molecule has 0 radical (unpaired) electrons. The van der Waals surface area contributed by atoms with Gasteiger partial charge < -0.3 is 9.80 Å². The molecule has 0 bridgehead atoms. The Morgan fingerprint density at radius 1 is 1.16 bits per heavy atom. The molecule has 0 atom stereocenters. The van der Waals surface area contributed by atoms with Gasteiger partial charge in [-0.3, -0.25) is 4.40 Å². The summed E-state index contributed by atoms with van der Waals surface area (Å²) < 4.78 is 2.03. The summed E-state index contributed by atoms with van der Waals surface area (Å²) in [7, 11) is 2.09. The lowest BCUT2D eigenvalue weighted by molar-refractivity contribution is 0.489. The minimum absolute atomic E-state index is 0.392. The molecule has 3 aromatic heterocycles. The third kappa shape index (κ3) is 2.48. The van der Waals surface area contributed by atoms with Gasteiger partial charge in [0.2, 0.25) is 5.65 Å². The predicted molar refractivity (Wildman–Crippen MR) is 96.1 cm³/mol. The Morgan fingerprint density at radius 3 is 2.72 bits per heavy atom. The van der Waals surface area contributed by atoms with Gasteiger partial charge in [-0.05, 0) is 13.8 Å². The number of rotatable bonds is 4. The van der Waals surface area contributed by atoms with Crippen LogP contribution in [-0.4, -0.2) is 55.7 Å². The normalized spacial score (nSPS) is 14.8. The lowest BCUT2D eigenvalue weighted by Crippen LogP contribution is -2.59. The van der Waals surface area contributed by atoms with Gasteiger partial charge >= 0.3 is 0 Å². The molecule has 3 aromatic rings. The average Bonchev–Trinajstić information content (AvgIpc) is 3.00. The molecular weight excluding hydrogens is 316 g/mol. The zero-order chi connectivity index (χ0) is 17.6. The first kappa shape index (κ1) is 15.7. The van der Waals surface area contributed by atoms with Crippen LogP contribution in [0, 0.1) is 13.8 Å². The summed E-state index contributed by atoms with van der Waals surface area (Å²) in [5.41, 5.74) is 2.98. The van der Waals surface area contributed by atoms with Gasteiger partial charge in [-0.2, -0.15) is 0 Å². The molecule has 4 heterocycles. The Labute approximate surface area is 146 Å². The largest absolute Gasteiger partial charge is 0.353 e. The van der Waals surface area contributed by atoms with Crippen molar-refractivity contribution < 1.29 is 0 Å². The fraction of sp³-hybridized carbons (Fsp3) is 0.471. The van der Waals surface area contributed by atoms with Crippen LogP contribution in [0.3, 0.4) is 0 Å². The van der Waals surface area contributed by atoms with Crippen molar-refractivity contribution in [1.29, 1.82) is 0 Å². The molecule has 1 fully saturated rings. The van der Waals surface area contributed by atoms with Crippen LogP contribution in [0.4, 0.5) is 11.6 Å². The van der Waals surface area contributed by atoms with Crippen molar-refractivity contribution in [2.45, 2.75) is 33.2 Å². The maximum absolute atomic E-state index is 4.53. The molecule has 8 nitrogen and oxygen atoms in total. The fourth-order valence-corrected chi connectivity index (χ4v) is 3.25. The first-order valence-corrected chi connectivity index (χ1v) is 8.54. The predicted octanol–water partition coefficient (Wildman–Crippen LogP) is 1.42. The molecule has 0 saturated carbocycles. The molecule has 1 aliphatic heterocycles. The van der Waals surface area contributed by atoms with Crippen LogP contribution in [0.25, 0.3) is 5.65 Å². The molecule has 0 N–H and O–H groups in total. The first-order valence-electron chi connectivity index (χ1n) is 8.54. The van der Waals surface area contributed by atoms with Crippen LogP contribution >= 0.6 is 0 Å². The molecule has 0 unspecified atom stereocenters. The molecule has 0 spiro atoms. The zero-order valence-corrected chi connectivity index (χ0v) is 15.0. The lowest BCUT2D eigenvalue weighted by Gasteiger charge is -2.45. The third-order valence-electron chi connectivity index (χ3n) is 5.05. The fourth-order valence-electron chi connectivity index (χ4n) is 3.25. The van der Waals surface area contributed by atoms with Crippen LogP contribution in [0.5, 0.6) is 0 Å². The summed E-state index contributed by atoms with van der Waals surface area (Å²) >= 11 is 0. The van der Waals surface area contributed by atoms with E-state index in [9.17, 15) is 0 Å². The minimum Gasteiger partial charge on any atom is -0.353 e. The Balaban J connectivity index is 1.54. The van der Waals surface area contributed by atoms with Crippen molar-refractivity contribution in [3.05, 3.63) is 35.8 Å². The number of aryl methyl sites for hydroxylation is 2. The van der Waals surface area contributed by atoms with Gasteiger partial charge in [0.05, 0.1) is 6.04 Å². The Morgan fingerprint density at radius 2 is 1.96 bits per heavy atom. The van der Waals surface area contributed by atoms with Gasteiger partial charge in [0.1, 0.15) is 18.0 Å². The summed E-state index contributed by atoms with van der Waals surface area (Å²) in [4.78, 5) is 17.7. The van der Waals surface area contributed by atoms with Gasteiger partial charge in [-0.25, -0.2) is 15.0 Å². The number of hydrogen-bond acceptors (Lipinski definition) is 7. The molecule has 130 valence electrons. The molecule has 4 rings (SSSR count). The van der Waals surface area contributed by atoms with E-state index >= 15 is 0 Å². The standard InChI is InChI=1S/C17H22N8/c1-5-14-21-22-17-16(18-6-7-25(14)17)24-8-13(9-24)23(4)15-11(2)12(3)19-10-20-15/h6-7,10,13H,5,8-9H2,1-4H3. The Bertz CT molecular complexity index is 912. The topological polar surface area (TPSA) is 75.3 Å². The highest BCUT2D eigenvalue weighted by molar-refractivity contribution is 5.66. The molecule has 1 saturated heterocycles. The van der Waals surface area contributed by atoms with Gasteiger partial charge in [0, 0.05) is 50.2 Å². The Kier molecular flexibility index (Phi) is 3.74. The number of fused-ring (bicyclic) bond motifs is 1. The number of hydrogen-bond donors (Lipinski definition) is 0. The van der Waals surface area contributed by atoms with Gasteiger partial charge in [0.25, 0.3) is 0 Å². The van der Waals surface area contributed by atoms with Crippen molar-refractivity contribution >= 4 is 17.3 Å². The van der Waals surface area contributed by atoms with Crippen LogP contribution in [-0.2, 0) is 6.42 Å². The van der Waals surface area contributed by atoms with Crippen molar-refractivity contribution in [2.24, 2.45) is 0 Å². The van der Waals surface area contributed by atoms with Crippen LogP contribution in [0.15, 0.2) is 18.7 Å². The quantitative estimate of drug-likeness (QED) is 0.712. The van der Waals surface area contributed by atoms with E-state index in [2.05, 4.69) is 55.8 Å². The van der Waals surface area contributed by atoms with Crippen LogP contribution < -0.4 is 9.80 Å². The smallest absolute Gasteiger partial charge is 0.203 e. The van der Waals surface area contributed by atoms with Crippen molar-refractivity contribution in [2.75, 3.05) is 29.9 Å². The van der Waals surface area contributed by atoms with Crippen molar-refractivity contribution in [1.82, 2.24) is 29.5 Å². The maximum atomic E-state index is 4.53. The average molecular weight is 338 g/mol. The van der Waals surface area contributed by atoms with Crippen molar-refractivity contribution in [3.8, 4) is 0 Å². The number of anilines is 2. The molecular formula is C17H22N8. The SMILES string of the molecule is CCc1nnc2c(N3CC(N(C)c4ncnc(C)c4C)C3)nccn12. The van der Waals surface area contributed by atoms with E-state index in [-0.39, 0.29) is 0 Å². The van der Waals surface area contributed by atoms with E-state index in [1.807, 2.05) is 23.7 Å². The number of likely N-dealkylation sites (N-methyl/N-ethyl adjacent to an activating group) is 1. The minimum atomic E-state index is 0.392. The second kappa shape index (κ2) is 5.94. The third-order valence-corrected chi connectivity index (χ3v) is 5.05. The number of nitrogens with zero attached hydrogens (tertiary/aromatic N) is 8. The van der Waals surface area contributed by atoms with E-state index in [1.165, 1.54) is 0 Å². The summed E-state index contributed by atoms with van der Waals surface area (Å²) in [6.07, 6.45) is 6.23. The molecule has 0 aromatic carbocycles. The molecule has 25 heavy (non-hydrogen) atoms. The second-order valence-electron chi connectivity index (χ2n) is 6.49. The number of aromatic nitrogens is 6. The van der Waals surface area contributed by atoms with Crippen LogP contribution in [0.1, 0.15) is 24.0 Å². The molecule has 0 aliphatic carbocycles. The van der Waals surface area contributed by atoms with Gasteiger partial charge in [-0.1, -0.05) is 6.92 Å². The summed E-state index contributed by atoms with van der Waals surface area (Å²) in [6, 6.07) is 0.392. The molecule has 8 heteroatoms. The van der Waals surface area contributed by atoms with Crippen LogP contribution in [0.2, 0.25) is 0 Å².